The summed E-state index contributed by atoms with van der Waals surface area (Å²) in [5.41, 5.74) is 6.74. The minimum Gasteiger partial charge on any atom is -0.398 e. The molecule has 0 spiro atoms. The van der Waals surface area contributed by atoms with Gasteiger partial charge in [0.2, 0.25) is 0 Å². The Bertz CT molecular complexity index is 430. The van der Waals surface area contributed by atoms with Crippen LogP contribution >= 0.6 is 11.6 Å². The Kier molecular flexibility index (Phi) is 4.09. The fourth-order valence-electron chi connectivity index (χ4n) is 2.17. The van der Waals surface area contributed by atoms with Crippen molar-refractivity contribution in [2.75, 3.05) is 39.0 Å². The normalized spacial score (nSPS) is 17.6. The van der Waals surface area contributed by atoms with E-state index in [1.807, 2.05) is 4.90 Å². The van der Waals surface area contributed by atoms with E-state index in [1.165, 1.54) is 0 Å². The number of hydrogen-bond acceptors (Lipinski definition) is 3. The maximum Gasteiger partial charge on any atom is 0.257 e. The van der Waals surface area contributed by atoms with Gasteiger partial charge in [0.05, 0.1) is 10.6 Å². The molecule has 5 heteroatoms. The number of benzene rings is 1. The molecule has 98 valence electrons. The zero-order chi connectivity index (χ0) is 13.1. The summed E-state index contributed by atoms with van der Waals surface area (Å²) in [7, 11) is 2.07. The zero-order valence-corrected chi connectivity index (χ0v) is 11.3. The molecule has 0 aliphatic carbocycles. The molecule has 1 amide bonds. The van der Waals surface area contributed by atoms with Gasteiger partial charge in [-0.2, -0.15) is 0 Å². The van der Waals surface area contributed by atoms with E-state index in [0.29, 0.717) is 16.3 Å². The molecule has 1 saturated heterocycles. The number of nitrogens with two attached hydrogens (primary N) is 1. The van der Waals surface area contributed by atoms with Gasteiger partial charge in [-0.15, -0.1) is 0 Å². The highest BCUT2D eigenvalue weighted by Gasteiger charge is 2.22. The van der Waals surface area contributed by atoms with E-state index in [1.54, 1.807) is 18.2 Å². The smallest absolute Gasteiger partial charge is 0.257 e. The van der Waals surface area contributed by atoms with Gasteiger partial charge in [-0.3, -0.25) is 4.79 Å². The average molecular weight is 268 g/mol. The van der Waals surface area contributed by atoms with Crippen molar-refractivity contribution in [1.82, 2.24) is 9.80 Å². The third-order valence-corrected chi connectivity index (χ3v) is 3.58. The zero-order valence-electron chi connectivity index (χ0n) is 10.5. The second kappa shape index (κ2) is 5.59. The molecule has 0 bridgehead atoms. The van der Waals surface area contributed by atoms with Gasteiger partial charge in [0.1, 0.15) is 0 Å². The molecule has 1 aromatic rings. The predicted octanol–water partition coefficient (Wildman–Crippen LogP) is 1.70. The molecule has 0 radical (unpaired) electrons. The second-order valence-corrected chi connectivity index (χ2v) is 5.06. The standard InChI is InChI=1S/C13H18ClN3O/c1-16-6-3-7-17(9-8-16)13(18)12-10(14)4-2-5-11(12)15/h2,4-5H,3,6-9,15H2,1H3. The number of rotatable bonds is 1. The number of carbonyl (C=O) groups excluding carboxylic acids is 1. The van der Waals surface area contributed by atoms with Crippen LogP contribution in [0, 0.1) is 0 Å². The van der Waals surface area contributed by atoms with E-state index in [2.05, 4.69) is 11.9 Å². The lowest BCUT2D eigenvalue weighted by atomic mass is 10.1. The van der Waals surface area contributed by atoms with Gasteiger partial charge < -0.3 is 15.5 Å². The molecule has 1 aliphatic heterocycles. The highest BCUT2D eigenvalue weighted by Crippen LogP contribution is 2.24. The molecule has 1 heterocycles. The van der Waals surface area contributed by atoms with Crippen LogP contribution in [-0.4, -0.2) is 48.9 Å². The average Bonchev–Trinajstić information content (AvgIpc) is 2.53. The van der Waals surface area contributed by atoms with Crippen LogP contribution in [0.2, 0.25) is 5.02 Å². The van der Waals surface area contributed by atoms with E-state index in [-0.39, 0.29) is 5.91 Å². The number of nitrogen functional groups attached to an aromatic ring is 1. The topological polar surface area (TPSA) is 49.6 Å². The first-order valence-corrected chi connectivity index (χ1v) is 6.49. The van der Waals surface area contributed by atoms with Crippen molar-refractivity contribution in [1.29, 1.82) is 0 Å². The van der Waals surface area contributed by atoms with Crippen molar-refractivity contribution in [3.05, 3.63) is 28.8 Å². The molecule has 4 nitrogen and oxygen atoms in total. The summed E-state index contributed by atoms with van der Waals surface area (Å²) in [5, 5.41) is 0.428. The Balaban J connectivity index is 2.20. The first kappa shape index (κ1) is 13.2. The van der Waals surface area contributed by atoms with E-state index in [9.17, 15) is 4.79 Å². The van der Waals surface area contributed by atoms with Gasteiger partial charge in [0, 0.05) is 25.3 Å². The molecule has 0 unspecified atom stereocenters. The number of anilines is 1. The molecule has 1 fully saturated rings. The third-order valence-electron chi connectivity index (χ3n) is 3.27. The molecule has 0 aromatic heterocycles. The highest BCUT2D eigenvalue weighted by atomic mass is 35.5. The quantitative estimate of drug-likeness (QED) is 0.788. The number of hydrogen-bond donors (Lipinski definition) is 1. The van der Waals surface area contributed by atoms with E-state index < -0.39 is 0 Å². The summed E-state index contributed by atoms with van der Waals surface area (Å²) < 4.78 is 0. The van der Waals surface area contributed by atoms with Crippen LogP contribution in [0.1, 0.15) is 16.8 Å². The predicted molar refractivity (Wildman–Crippen MR) is 73.9 cm³/mol. The molecule has 0 atom stereocenters. The van der Waals surface area contributed by atoms with Gasteiger partial charge in [-0.1, -0.05) is 17.7 Å². The minimum absolute atomic E-state index is 0.0617. The van der Waals surface area contributed by atoms with Crippen LogP contribution in [0.15, 0.2) is 18.2 Å². The highest BCUT2D eigenvalue weighted by molar-refractivity contribution is 6.34. The van der Waals surface area contributed by atoms with Crippen LogP contribution in [0.4, 0.5) is 5.69 Å². The maximum atomic E-state index is 12.4. The van der Waals surface area contributed by atoms with Gasteiger partial charge >= 0.3 is 0 Å². The van der Waals surface area contributed by atoms with E-state index in [4.69, 9.17) is 17.3 Å². The third kappa shape index (κ3) is 2.76. The van der Waals surface area contributed by atoms with E-state index in [0.717, 1.165) is 32.6 Å². The van der Waals surface area contributed by atoms with Crippen molar-refractivity contribution in [3.63, 3.8) is 0 Å². The monoisotopic (exact) mass is 267 g/mol. The summed E-state index contributed by atoms with van der Waals surface area (Å²) in [6, 6.07) is 5.17. The Morgan fingerprint density at radius 1 is 1.28 bits per heavy atom. The molecule has 1 aliphatic rings. The lowest BCUT2D eigenvalue weighted by molar-refractivity contribution is 0.0764. The second-order valence-electron chi connectivity index (χ2n) is 4.65. The summed E-state index contributed by atoms with van der Waals surface area (Å²) >= 11 is 6.08. The lowest BCUT2D eigenvalue weighted by Gasteiger charge is -2.21. The first-order valence-electron chi connectivity index (χ1n) is 6.11. The van der Waals surface area contributed by atoms with Crippen molar-refractivity contribution >= 4 is 23.2 Å². The number of carbonyl (C=O) groups is 1. The molecule has 1 aromatic carbocycles. The number of halogens is 1. The summed E-state index contributed by atoms with van der Waals surface area (Å²) in [6.07, 6.45) is 0.979. The van der Waals surface area contributed by atoms with Gasteiger partial charge in [-0.05, 0) is 32.1 Å². The van der Waals surface area contributed by atoms with Gasteiger partial charge in [0.25, 0.3) is 5.91 Å². The first-order chi connectivity index (χ1) is 8.59. The van der Waals surface area contributed by atoms with Crippen LogP contribution < -0.4 is 5.73 Å². The maximum absolute atomic E-state index is 12.4. The SMILES string of the molecule is CN1CCCN(C(=O)c2c(N)cccc2Cl)CC1. The van der Waals surface area contributed by atoms with Crippen molar-refractivity contribution in [3.8, 4) is 0 Å². The Labute approximate surface area is 112 Å². The van der Waals surface area contributed by atoms with Crippen LogP contribution in [0.5, 0.6) is 0 Å². The molecule has 2 N–H and O–H groups in total. The van der Waals surface area contributed by atoms with Crippen LogP contribution in [-0.2, 0) is 0 Å². The van der Waals surface area contributed by atoms with Crippen LogP contribution in [0.25, 0.3) is 0 Å². The van der Waals surface area contributed by atoms with E-state index >= 15 is 0 Å². The molecular formula is C13H18ClN3O. The van der Waals surface area contributed by atoms with Crippen molar-refractivity contribution in [2.24, 2.45) is 0 Å². The summed E-state index contributed by atoms with van der Waals surface area (Å²) in [5.74, 6) is -0.0617. The Hall–Kier alpha value is -1.26. The number of amides is 1. The molecule has 18 heavy (non-hydrogen) atoms. The minimum atomic E-state index is -0.0617. The number of nitrogens with zero attached hydrogens (tertiary/aromatic N) is 2. The molecule has 0 saturated carbocycles. The Morgan fingerprint density at radius 2 is 2.06 bits per heavy atom. The van der Waals surface area contributed by atoms with Crippen molar-refractivity contribution in [2.45, 2.75) is 6.42 Å². The van der Waals surface area contributed by atoms with Crippen molar-refractivity contribution < 1.29 is 4.79 Å². The number of likely N-dealkylation sites (N-methyl/N-ethyl adjacent to an activating group) is 1. The summed E-state index contributed by atoms with van der Waals surface area (Å²) in [6.45, 7) is 3.38. The fraction of sp³-hybridized carbons (Fsp3) is 0.462. The molecular weight excluding hydrogens is 250 g/mol. The Morgan fingerprint density at radius 3 is 2.78 bits per heavy atom. The lowest BCUT2D eigenvalue weighted by Crippen LogP contribution is -2.35. The van der Waals surface area contributed by atoms with Crippen LogP contribution in [0.3, 0.4) is 0 Å². The largest absolute Gasteiger partial charge is 0.398 e. The fourth-order valence-corrected chi connectivity index (χ4v) is 2.44. The molecule has 2 rings (SSSR count). The van der Waals surface area contributed by atoms with Gasteiger partial charge in [0.15, 0.2) is 0 Å². The van der Waals surface area contributed by atoms with Gasteiger partial charge in [-0.25, -0.2) is 0 Å². The summed E-state index contributed by atoms with van der Waals surface area (Å²) in [4.78, 5) is 16.5.